The first-order chi connectivity index (χ1) is 12.6. The highest BCUT2D eigenvalue weighted by Crippen LogP contribution is 2.33. The van der Waals surface area contributed by atoms with Gasteiger partial charge in [-0.05, 0) is 31.7 Å². The zero-order valence-corrected chi connectivity index (χ0v) is 14.8. The summed E-state index contributed by atoms with van der Waals surface area (Å²) in [7, 11) is 0. The van der Waals surface area contributed by atoms with Crippen LogP contribution in [-0.2, 0) is 4.79 Å². The maximum atomic E-state index is 12.7. The van der Waals surface area contributed by atoms with Crippen LogP contribution >= 0.6 is 0 Å². The van der Waals surface area contributed by atoms with Gasteiger partial charge >= 0.3 is 0 Å². The van der Waals surface area contributed by atoms with E-state index in [-0.39, 0.29) is 23.9 Å². The van der Waals surface area contributed by atoms with E-state index in [1.165, 1.54) is 0 Å². The Bertz CT molecular complexity index is 756. The fraction of sp³-hybridized carbons (Fsp3) is 0.556. The summed E-state index contributed by atoms with van der Waals surface area (Å²) in [5.74, 6) is 0.942. The zero-order valence-electron chi connectivity index (χ0n) is 14.8. The van der Waals surface area contributed by atoms with Crippen LogP contribution in [0.2, 0.25) is 0 Å². The van der Waals surface area contributed by atoms with Crippen LogP contribution in [0.3, 0.4) is 0 Å². The van der Waals surface area contributed by atoms with Gasteiger partial charge in [-0.2, -0.15) is 5.10 Å². The number of aliphatic hydroxyl groups is 1. The first kappa shape index (κ1) is 17.0. The molecule has 1 saturated heterocycles. The first-order valence-corrected chi connectivity index (χ1v) is 9.12. The lowest BCUT2D eigenvalue weighted by atomic mass is 9.82. The fourth-order valence-corrected chi connectivity index (χ4v) is 3.84. The van der Waals surface area contributed by atoms with Gasteiger partial charge in [-0.15, -0.1) is 0 Å². The van der Waals surface area contributed by atoms with E-state index < -0.39 is 6.10 Å². The van der Waals surface area contributed by atoms with Crippen molar-refractivity contribution in [3.63, 3.8) is 0 Å². The molecule has 4 rings (SSSR count). The molecular weight excluding hydrogens is 332 g/mol. The number of amides is 1. The number of hydrogen-bond donors (Lipinski definition) is 2. The van der Waals surface area contributed by atoms with Crippen LogP contribution in [0.5, 0.6) is 0 Å². The number of hydrogen-bond acceptors (Lipinski definition) is 6. The molecule has 3 atom stereocenters. The van der Waals surface area contributed by atoms with Gasteiger partial charge in [0.25, 0.3) is 0 Å². The van der Waals surface area contributed by atoms with Gasteiger partial charge in [-0.25, -0.2) is 4.98 Å². The zero-order chi connectivity index (χ0) is 18.1. The summed E-state index contributed by atoms with van der Waals surface area (Å²) >= 11 is 0. The lowest BCUT2D eigenvalue weighted by Crippen LogP contribution is -2.57. The molecule has 8 nitrogen and oxygen atoms in total. The van der Waals surface area contributed by atoms with Crippen molar-refractivity contribution in [2.45, 2.75) is 44.4 Å². The predicted octanol–water partition coefficient (Wildman–Crippen LogP) is 0.689. The summed E-state index contributed by atoms with van der Waals surface area (Å²) in [6.07, 6.45) is 10.5. The van der Waals surface area contributed by atoms with Crippen LogP contribution < -0.4 is 10.2 Å². The van der Waals surface area contributed by atoms with Crippen LogP contribution in [0.15, 0.2) is 31.0 Å². The molecule has 1 aliphatic carbocycles. The molecule has 2 aromatic heterocycles. The van der Waals surface area contributed by atoms with Crippen molar-refractivity contribution in [1.29, 1.82) is 0 Å². The number of aliphatic hydroxyl groups excluding tert-OH is 1. The molecular formula is C18H24N6O2. The first-order valence-electron chi connectivity index (χ1n) is 9.12. The van der Waals surface area contributed by atoms with Crippen LogP contribution in [0.1, 0.15) is 30.9 Å². The van der Waals surface area contributed by atoms with Crippen molar-refractivity contribution in [3.8, 4) is 0 Å². The Morgan fingerprint density at radius 3 is 2.69 bits per heavy atom. The van der Waals surface area contributed by atoms with Crippen LogP contribution in [-0.4, -0.2) is 56.0 Å². The van der Waals surface area contributed by atoms with E-state index in [9.17, 15) is 9.90 Å². The van der Waals surface area contributed by atoms with E-state index in [0.717, 1.165) is 37.3 Å². The largest absolute Gasteiger partial charge is 0.391 e. The standard InChI is InChI=1S/C18H24N6O2/c1-12-9-21-24(11-12)17-14(8-15(17)25)22-18(26)13-2-6-23(7-3-13)16-10-19-4-5-20-16/h4-5,9-11,13-15,17,25H,2-3,6-8H2,1H3,(H,22,26)/t14-,15+,17+/m0/s1. The van der Waals surface area contributed by atoms with Gasteiger partial charge in [0.15, 0.2) is 0 Å². The second-order valence-electron chi connectivity index (χ2n) is 7.23. The second-order valence-corrected chi connectivity index (χ2v) is 7.23. The number of anilines is 1. The molecule has 2 fully saturated rings. The molecule has 0 spiro atoms. The molecule has 2 N–H and O–H groups in total. The number of carbonyl (C=O) groups is 1. The normalized spacial score (nSPS) is 26.4. The number of nitrogens with zero attached hydrogens (tertiary/aromatic N) is 5. The molecule has 0 unspecified atom stereocenters. The van der Waals surface area contributed by atoms with Crippen LogP contribution in [0.25, 0.3) is 0 Å². The summed E-state index contributed by atoms with van der Waals surface area (Å²) in [6, 6.07) is -0.234. The Kier molecular flexibility index (Phi) is 4.58. The Labute approximate surface area is 152 Å². The topological polar surface area (TPSA) is 96.2 Å². The molecule has 1 saturated carbocycles. The summed E-state index contributed by atoms with van der Waals surface area (Å²) in [4.78, 5) is 23.3. The predicted molar refractivity (Wildman–Crippen MR) is 95.5 cm³/mol. The van der Waals surface area contributed by atoms with Gasteiger partial charge in [-0.3, -0.25) is 14.5 Å². The molecule has 1 amide bonds. The van der Waals surface area contributed by atoms with Gasteiger partial charge in [0.2, 0.25) is 5.91 Å². The molecule has 0 aromatic carbocycles. The molecule has 138 valence electrons. The van der Waals surface area contributed by atoms with Crippen molar-refractivity contribution >= 4 is 11.7 Å². The van der Waals surface area contributed by atoms with Crippen molar-refractivity contribution in [3.05, 3.63) is 36.5 Å². The average Bonchev–Trinajstić information content (AvgIpc) is 3.07. The molecule has 2 aliphatic rings. The number of rotatable bonds is 4. The van der Waals surface area contributed by atoms with Gasteiger partial charge < -0.3 is 15.3 Å². The van der Waals surface area contributed by atoms with Gasteiger partial charge in [0.05, 0.1) is 30.6 Å². The summed E-state index contributed by atoms with van der Waals surface area (Å²) in [5.41, 5.74) is 1.05. The third-order valence-corrected chi connectivity index (χ3v) is 5.40. The van der Waals surface area contributed by atoms with Crippen molar-refractivity contribution in [2.75, 3.05) is 18.0 Å². The molecule has 3 heterocycles. The molecule has 26 heavy (non-hydrogen) atoms. The highest BCUT2D eigenvalue weighted by molar-refractivity contribution is 5.79. The Balaban J connectivity index is 1.32. The quantitative estimate of drug-likeness (QED) is 0.837. The smallest absolute Gasteiger partial charge is 0.223 e. The monoisotopic (exact) mass is 356 g/mol. The highest BCUT2D eigenvalue weighted by Gasteiger charge is 2.43. The van der Waals surface area contributed by atoms with Crippen LogP contribution in [0.4, 0.5) is 5.82 Å². The van der Waals surface area contributed by atoms with E-state index in [2.05, 4.69) is 25.3 Å². The summed E-state index contributed by atoms with van der Waals surface area (Å²) < 4.78 is 1.77. The minimum Gasteiger partial charge on any atom is -0.391 e. The third kappa shape index (κ3) is 3.29. The molecule has 0 radical (unpaired) electrons. The molecule has 2 aromatic rings. The summed E-state index contributed by atoms with van der Waals surface area (Å²) in [6.45, 7) is 3.56. The Morgan fingerprint density at radius 1 is 1.27 bits per heavy atom. The Morgan fingerprint density at radius 2 is 2.08 bits per heavy atom. The van der Waals surface area contributed by atoms with E-state index in [4.69, 9.17) is 0 Å². The maximum Gasteiger partial charge on any atom is 0.223 e. The number of piperidine rings is 1. The maximum absolute atomic E-state index is 12.7. The minimum atomic E-state index is -0.460. The molecule has 0 bridgehead atoms. The average molecular weight is 356 g/mol. The van der Waals surface area contributed by atoms with E-state index in [1.807, 2.05) is 13.1 Å². The number of aromatic nitrogens is 4. The lowest BCUT2D eigenvalue weighted by molar-refractivity contribution is -0.129. The van der Waals surface area contributed by atoms with Gasteiger partial charge in [0.1, 0.15) is 5.82 Å². The second kappa shape index (κ2) is 7.03. The number of aryl methyl sites for hydroxylation is 1. The number of carbonyl (C=O) groups excluding carboxylic acids is 1. The lowest BCUT2D eigenvalue weighted by Gasteiger charge is -2.42. The highest BCUT2D eigenvalue weighted by atomic mass is 16.3. The molecule has 1 aliphatic heterocycles. The molecule has 8 heteroatoms. The van der Waals surface area contributed by atoms with E-state index in [1.54, 1.807) is 29.5 Å². The van der Waals surface area contributed by atoms with E-state index >= 15 is 0 Å². The van der Waals surface area contributed by atoms with E-state index in [0.29, 0.717) is 6.42 Å². The number of nitrogens with one attached hydrogen (secondary N) is 1. The fourth-order valence-electron chi connectivity index (χ4n) is 3.84. The Hall–Kier alpha value is -2.48. The van der Waals surface area contributed by atoms with Crippen LogP contribution in [0, 0.1) is 12.8 Å². The third-order valence-electron chi connectivity index (χ3n) is 5.40. The van der Waals surface area contributed by atoms with Crippen molar-refractivity contribution in [2.24, 2.45) is 5.92 Å². The summed E-state index contributed by atoms with van der Waals surface area (Å²) in [5, 5.41) is 17.5. The van der Waals surface area contributed by atoms with Gasteiger partial charge in [-0.1, -0.05) is 0 Å². The van der Waals surface area contributed by atoms with Crippen molar-refractivity contribution < 1.29 is 9.90 Å². The minimum absolute atomic E-state index is 0.000622. The SMILES string of the molecule is Cc1cnn([C@H]2[C@H](O)C[C@@H]2NC(=O)C2CCN(c3cnccn3)CC2)c1. The van der Waals surface area contributed by atoms with Gasteiger partial charge in [0, 0.05) is 37.6 Å². The van der Waals surface area contributed by atoms with Crippen molar-refractivity contribution in [1.82, 2.24) is 25.1 Å².